The molecule has 0 spiro atoms. The van der Waals surface area contributed by atoms with Gasteiger partial charge in [0.2, 0.25) is 0 Å². The topological polar surface area (TPSA) is 0 Å². The van der Waals surface area contributed by atoms with Crippen molar-refractivity contribution in [1.82, 2.24) is 0 Å². The van der Waals surface area contributed by atoms with Crippen LogP contribution in [-0.2, 0) is 23.3 Å². The summed E-state index contributed by atoms with van der Waals surface area (Å²) < 4.78 is 0. The van der Waals surface area contributed by atoms with Crippen LogP contribution in [0.3, 0.4) is 0 Å². The van der Waals surface area contributed by atoms with Crippen molar-refractivity contribution in [3.8, 4) is 0 Å². The van der Waals surface area contributed by atoms with Gasteiger partial charge in [-0.05, 0) is 0 Å². The Kier molecular flexibility index (Phi) is 17.4. The molecule has 2 aliphatic rings. The van der Waals surface area contributed by atoms with E-state index in [1.807, 2.05) is 12.2 Å². The number of hydrogen-bond acceptors (Lipinski definition) is 0. The van der Waals surface area contributed by atoms with Crippen molar-refractivity contribution in [2.24, 2.45) is 5.41 Å². The van der Waals surface area contributed by atoms with Crippen molar-refractivity contribution < 1.29 is 23.3 Å². The van der Waals surface area contributed by atoms with E-state index in [0.29, 0.717) is 5.41 Å². The van der Waals surface area contributed by atoms with Crippen LogP contribution in [0.1, 0.15) is 33.6 Å². The van der Waals surface area contributed by atoms with Crippen LogP contribution in [0, 0.1) is 32.4 Å². The molecule has 18 heavy (non-hydrogen) atoms. The molecule has 0 saturated heterocycles. The maximum absolute atomic E-state index is 3.16. The van der Waals surface area contributed by atoms with Crippen LogP contribution >= 0.6 is 0 Å². The van der Waals surface area contributed by atoms with Crippen molar-refractivity contribution in [2.75, 3.05) is 0 Å². The summed E-state index contributed by atoms with van der Waals surface area (Å²) in [5, 5.41) is 0. The molecule has 0 nitrogen and oxygen atoms in total. The van der Waals surface area contributed by atoms with Gasteiger partial charge in [-0.2, -0.15) is 17.7 Å². The quantitative estimate of drug-likeness (QED) is 0.450. The molecule has 2 rings (SSSR count). The molecule has 0 atom stereocenters. The summed E-state index contributed by atoms with van der Waals surface area (Å²) in [4.78, 5) is 0. The zero-order valence-electron chi connectivity index (χ0n) is 12.3. The first-order valence-corrected chi connectivity index (χ1v) is 9.53. The van der Waals surface area contributed by atoms with Gasteiger partial charge in [-0.25, -0.2) is 18.2 Å². The molecular weight excluding hydrogens is 311 g/mol. The van der Waals surface area contributed by atoms with Crippen LogP contribution < -0.4 is 0 Å². The summed E-state index contributed by atoms with van der Waals surface area (Å²) >= 11 is 1.36. The number of allylic oxidation sites excluding steroid dienone is 8. The molecule has 2 heteroatoms. The van der Waals surface area contributed by atoms with Gasteiger partial charge in [0.05, 0.1) is 0 Å². The van der Waals surface area contributed by atoms with Gasteiger partial charge in [0.15, 0.2) is 0 Å². The molecule has 0 unspecified atom stereocenters. The average molecular weight is 336 g/mol. The molecule has 0 aromatic carbocycles. The number of rotatable bonds is 0. The summed E-state index contributed by atoms with van der Waals surface area (Å²) in [6, 6.07) is 0. The second-order valence-corrected chi connectivity index (χ2v) is 4.47. The van der Waals surface area contributed by atoms with E-state index in [1.165, 1.54) is 28.9 Å². The summed E-state index contributed by atoms with van der Waals surface area (Å²) in [5.41, 5.74) is 1.74. The Labute approximate surface area is 132 Å². The zero-order chi connectivity index (χ0) is 12.4. The molecule has 0 heterocycles. The third-order valence-corrected chi connectivity index (χ3v) is 2.15. The van der Waals surface area contributed by atoms with E-state index in [2.05, 4.69) is 58.0 Å². The Morgan fingerprint density at radius 2 is 1.72 bits per heavy atom. The van der Waals surface area contributed by atoms with Crippen LogP contribution in [0.4, 0.5) is 0 Å². The fraction of sp³-hybridized carbons (Fsp3) is 0.375. The van der Waals surface area contributed by atoms with Crippen LogP contribution in [0.15, 0.2) is 36.0 Å². The molecule has 0 aromatic rings. The van der Waals surface area contributed by atoms with E-state index in [-0.39, 0.29) is 14.9 Å². The molecule has 0 N–H and O–H groups in total. The molecule has 0 saturated carbocycles. The monoisotopic (exact) mass is 334 g/mol. The van der Waals surface area contributed by atoms with Gasteiger partial charge in [0, 0.05) is 0 Å². The Hall–Kier alpha value is 0.0600. The van der Waals surface area contributed by atoms with E-state index in [1.54, 1.807) is 0 Å². The molecular formula is C16H24SiZr-4. The molecule has 2 radical (unpaired) electrons. The first kappa shape index (κ1) is 23.2. The first-order valence-electron chi connectivity index (χ1n) is 5.34. The predicted octanol–water partition coefficient (Wildman–Crippen LogP) is 4.54. The summed E-state index contributed by atoms with van der Waals surface area (Å²) in [7, 11) is 0. The van der Waals surface area contributed by atoms with Gasteiger partial charge in [-0.15, -0.1) is 12.8 Å². The Bertz CT molecular complexity index is 294. The van der Waals surface area contributed by atoms with Crippen molar-refractivity contribution in [3.63, 3.8) is 0 Å². The Balaban J connectivity index is -0.000000217. The SMILES string of the molecule is CC(C)(C)C1=CC[C-]=C1.[C-]1=CC=CC1.[CH3-].[CH3-].[Si]=[Zr]. The van der Waals surface area contributed by atoms with E-state index < -0.39 is 0 Å². The van der Waals surface area contributed by atoms with E-state index in [0.717, 1.165) is 12.8 Å². The molecule has 0 aromatic heterocycles. The summed E-state index contributed by atoms with van der Waals surface area (Å²) in [6.07, 6.45) is 18.5. The summed E-state index contributed by atoms with van der Waals surface area (Å²) in [5.74, 6) is 0. The van der Waals surface area contributed by atoms with E-state index in [9.17, 15) is 0 Å². The van der Waals surface area contributed by atoms with Crippen molar-refractivity contribution in [3.05, 3.63) is 63.0 Å². The third kappa shape index (κ3) is 11.2. The molecule has 2 aliphatic carbocycles. The second-order valence-electron chi connectivity index (χ2n) is 4.47. The van der Waals surface area contributed by atoms with Gasteiger partial charge in [-0.1, -0.05) is 26.2 Å². The molecule has 0 bridgehead atoms. The van der Waals surface area contributed by atoms with Crippen LogP contribution in [0.5, 0.6) is 0 Å². The van der Waals surface area contributed by atoms with Gasteiger partial charge < -0.3 is 14.9 Å². The van der Waals surface area contributed by atoms with Gasteiger partial charge >= 0.3 is 30.2 Å². The Morgan fingerprint density at radius 1 is 1.11 bits per heavy atom. The first-order chi connectivity index (χ1) is 7.61. The third-order valence-electron chi connectivity index (χ3n) is 2.15. The van der Waals surface area contributed by atoms with E-state index >= 15 is 0 Å². The van der Waals surface area contributed by atoms with Gasteiger partial charge in [-0.3, -0.25) is 12.2 Å². The fourth-order valence-electron chi connectivity index (χ4n) is 1.26. The molecule has 100 valence electrons. The minimum absolute atomic E-state index is 0. The van der Waals surface area contributed by atoms with Crippen LogP contribution in [0.25, 0.3) is 0 Å². The minimum atomic E-state index is 0. The van der Waals surface area contributed by atoms with E-state index in [4.69, 9.17) is 0 Å². The van der Waals surface area contributed by atoms with Gasteiger partial charge in [0.25, 0.3) is 0 Å². The summed E-state index contributed by atoms with van der Waals surface area (Å²) in [6.45, 7) is 9.74. The number of hydrogen-bond donors (Lipinski definition) is 0. The van der Waals surface area contributed by atoms with Crippen LogP contribution in [-0.4, -0.2) is 6.88 Å². The Morgan fingerprint density at radius 3 is 1.89 bits per heavy atom. The van der Waals surface area contributed by atoms with Gasteiger partial charge in [0.1, 0.15) is 0 Å². The maximum atomic E-state index is 3.16. The second kappa shape index (κ2) is 13.5. The van der Waals surface area contributed by atoms with Crippen molar-refractivity contribution in [2.45, 2.75) is 33.6 Å². The molecule has 0 aliphatic heterocycles. The predicted molar refractivity (Wildman–Crippen MR) is 80.1 cm³/mol. The standard InChI is InChI=1S/C9H13.C5H5.2CH3.Si.Zr/c1-9(2,3)8-6-4-5-7-8;1-2-4-5-3-1;;;;/h6-7H,4H2,1-3H3;1-3H,4H2;2*1H3;;/q4*-1;;. The fourth-order valence-corrected chi connectivity index (χ4v) is 1.26. The molecule has 0 fully saturated rings. The van der Waals surface area contributed by atoms with Crippen molar-refractivity contribution in [1.29, 1.82) is 0 Å². The van der Waals surface area contributed by atoms with Crippen molar-refractivity contribution >= 4 is 6.88 Å². The average Bonchev–Trinajstić information content (AvgIpc) is 2.96. The molecule has 0 amide bonds. The van der Waals surface area contributed by atoms with Crippen LogP contribution in [0.2, 0.25) is 0 Å². The normalized spacial score (nSPS) is 14.2. The zero-order valence-corrected chi connectivity index (χ0v) is 15.8.